The Morgan fingerprint density at radius 3 is 1.19 bits per heavy atom. The van der Waals surface area contributed by atoms with Gasteiger partial charge in [-0.2, -0.15) is 0 Å². The number of hydrogen-bond donors (Lipinski definition) is 0. The van der Waals surface area contributed by atoms with E-state index in [1.54, 1.807) is 0 Å². The molecule has 120 valence electrons. The first kappa shape index (κ1) is 23.7. The van der Waals surface area contributed by atoms with Crippen LogP contribution in [0.1, 0.15) is 110 Å². The van der Waals surface area contributed by atoms with Gasteiger partial charge in [0.2, 0.25) is 0 Å². The Bertz CT molecular complexity index is 207. The molecule has 0 aliphatic carbocycles. The second-order valence-corrected chi connectivity index (χ2v) is 6.07. The summed E-state index contributed by atoms with van der Waals surface area (Å²) in [6.07, 6.45) is 19.9. The van der Waals surface area contributed by atoms with Crippen LogP contribution in [0.4, 0.5) is 0 Å². The molecule has 0 aliphatic heterocycles. The number of carboxylic acid groups (broad SMARTS) is 1. The Morgan fingerprint density at radius 2 is 0.905 bits per heavy atom. The standard InChI is InChI=1S/C18H36O2.Na/c1-2-3-4-5-6-7-8-9-10-11-12-13-14-15-16-17-18(19)20;/h2-17H2,1H3,(H,19,20);/q;+1/p-1. The molecule has 0 bridgehead atoms. The van der Waals surface area contributed by atoms with Gasteiger partial charge in [-0.3, -0.25) is 0 Å². The first-order valence-electron chi connectivity index (χ1n) is 8.97. The van der Waals surface area contributed by atoms with Crippen molar-refractivity contribution in [1.82, 2.24) is 0 Å². The van der Waals surface area contributed by atoms with Crippen LogP contribution < -0.4 is 34.7 Å². The number of carbonyl (C=O) groups excluding carboxylic acids is 1. The zero-order valence-electron chi connectivity index (χ0n) is 14.6. The average molecular weight is 306 g/mol. The third-order valence-electron chi connectivity index (χ3n) is 3.98. The van der Waals surface area contributed by atoms with Gasteiger partial charge in [0.05, 0.1) is 0 Å². The largest absolute Gasteiger partial charge is 1.00 e. The molecule has 0 aromatic heterocycles. The monoisotopic (exact) mass is 306 g/mol. The normalized spacial score (nSPS) is 10.3. The van der Waals surface area contributed by atoms with E-state index in [4.69, 9.17) is 0 Å². The van der Waals surface area contributed by atoms with Crippen molar-refractivity contribution >= 4 is 5.97 Å². The van der Waals surface area contributed by atoms with Gasteiger partial charge in [-0.1, -0.05) is 96.8 Å². The quantitative estimate of drug-likeness (QED) is 0.323. The Morgan fingerprint density at radius 1 is 0.619 bits per heavy atom. The Labute approximate surface area is 154 Å². The van der Waals surface area contributed by atoms with Gasteiger partial charge in [-0.05, 0) is 12.8 Å². The summed E-state index contributed by atoms with van der Waals surface area (Å²) in [6, 6.07) is 0. The molecule has 2 nitrogen and oxygen atoms in total. The van der Waals surface area contributed by atoms with E-state index in [-0.39, 0.29) is 36.0 Å². The molecule has 0 unspecified atom stereocenters. The number of unbranched alkanes of at least 4 members (excludes halogenated alkanes) is 14. The maximum Gasteiger partial charge on any atom is 1.00 e. The SMILES string of the molecule is CCCCCCCCCCCCCCCCCC(=O)[O-].[Na+]. The van der Waals surface area contributed by atoms with Gasteiger partial charge in [-0.15, -0.1) is 0 Å². The number of carboxylic acids is 1. The molecule has 0 N–H and O–H groups in total. The van der Waals surface area contributed by atoms with Crippen molar-refractivity contribution in [3.63, 3.8) is 0 Å². The van der Waals surface area contributed by atoms with E-state index < -0.39 is 5.97 Å². The van der Waals surface area contributed by atoms with Crippen LogP contribution in [0.5, 0.6) is 0 Å². The molecule has 0 aromatic carbocycles. The number of carbonyl (C=O) groups is 1. The summed E-state index contributed by atoms with van der Waals surface area (Å²) in [6.45, 7) is 2.27. The molecule has 0 aromatic rings. The molecule has 0 amide bonds. The van der Waals surface area contributed by atoms with E-state index in [0.717, 1.165) is 12.8 Å². The molecule has 0 aliphatic rings. The minimum atomic E-state index is -0.903. The van der Waals surface area contributed by atoms with Gasteiger partial charge in [0.1, 0.15) is 0 Å². The first-order valence-corrected chi connectivity index (χ1v) is 8.97. The minimum Gasteiger partial charge on any atom is -0.550 e. The predicted octanol–water partition coefficient (Wildman–Crippen LogP) is 2.00. The average Bonchev–Trinajstić information content (AvgIpc) is 2.43. The Balaban J connectivity index is 0. The van der Waals surface area contributed by atoms with E-state index in [2.05, 4.69) is 6.92 Å². The van der Waals surface area contributed by atoms with Gasteiger partial charge in [0.25, 0.3) is 0 Å². The van der Waals surface area contributed by atoms with Crippen LogP contribution in [-0.4, -0.2) is 5.97 Å². The van der Waals surface area contributed by atoms with Crippen molar-refractivity contribution in [3.05, 3.63) is 0 Å². The topological polar surface area (TPSA) is 40.1 Å². The number of rotatable bonds is 16. The molecular weight excluding hydrogens is 271 g/mol. The molecule has 0 heterocycles. The van der Waals surface area contributed by atoms with Gasteiger partial charge >= 0.3 is 29.6 Å². The van der Waals surface area contributed by atoms with Gasteiger partial charge < -0.3 is 9.90 Å². The van der Waals surface area contributed by atoms with Gasteiger partial charge in [0.15, 0.2) is 0 Å². The van der Waals surface area contributed by atoms with Crippen LogP contribution in [-0.2, 0) is 4.79 Å². The minimum absolute atomic E-state index is 0. The molecule has 0 rings (SSSR count). The summed E-state index contributed by atoms with van der Waals surface area (Å²) in [5.74, 6) is -0.903. The second-order valence-electron chi connectivity index (χ2n) is 6.07. The molecule has 0 saturated heterocycles. The maximum absolute atomic E-state index is 10.2. The first-order chi connectivity index (χ1) is 9.77. The van der Waals surface area contributed by atoms with Gasteiger partial charge in [-0.25, -0.2) is 0 Å². The van der Waals surface area contributed by atoms with Crippen LogP contribution in [0.15, 0.2) is 0 Å². The smallest absolute Gasteiger partial charge is 0.550 e. The van der Waals surface area contributed by atoms with E-state index in [9.17, 15) is 9.90 Å². The van der Waals surface area contributed by atoms with Crippen molar-refractivity contribution in [2.75, 3.05) is 0 Å². The van der Waals surface area contributed by atoms with Crippen LogP contribution in [0.2, 0.25) is 0 Å². The summed E-state index contributed by atoms with van der Waals surface area (Å²) in [5.41, 5.74) is 0. The molecule has 0 atom stereocenters. The maximum atomic E-state index is 10.2. The van der Waals surface area contributed by atoms with E-state index in [1.807, 2.05) is 0 Å². The van der Waals surface area contributed by atoms with Crippen molar-refractivity contribution in [3.8, 4) is 0 Å². The van der Waals surface area contributed by atoms with E-state index >= 15 is 0 Å². The van der Waals surface area contributed by atoms with Gasteiger partial charge in [0, 0.05) is 5.97 Å². The third kappa shape index (κ3) is 22.9. The third-order valence-corrected chi connectivity index (χ3v) is 3.98. The van der Waals surface area contributed by atoms with Crippen LogP contribution in [0.3, 0.4) is 0 Å². The zero-order chi connectivity index (χ0) is 14.9. The summed E-state index contributed by atoms with van der Waals surface area (Å²) in [4.78, 5) is 10.2. The van der Waals surface area contributed by atoms with Crippen molar-refractivity contribution < 1.29 is 39.5 Å². The van der Waals surface area contributed by atoms with Crippen LogP contribution in [0.25, 0.3) is 0 Å². The summed E-state index contributed by atoms with van der Waals surface area (Å²) >= 11 is 0. The molecule has 0 fully saturated rings. The van der Waals surface area contributed by atoms with Crippen molar-refractivity contribution in [2.45, 2.75) is 110 Å². The zero-order valence-corrected chi connectivity index (χ0v) is 16.6. The molecular formula is C18H35NaO2. The number of hydrogen-bond acceptors (Lipinski definition) is 2. The predicted molar refractivity (Wildman–Crippen MR) is 84.6 cm³/mol. The molecule has 0 spiro atoms. The molecule has 0 saturated carbocycles. The molecule has 3 heteroatoms. The summed E-state index contributed by atoms with van der Waals surface area (Å²) in [7, 11) is 0. The second kappa shape index (κ2) is 20.5. The number of aliphatic carboxylic acids is 1. The summed E-state index contributed by atoms with van der Waals surface area (Å²) in [5, 5.41) is 10.2. The Hall–Kier alpha value is 0.470. The molecule has 0 radical (unpaired) electrons. The van der Waals surface area contributed by atoms with Crippen molar-refractivity contribution in [1.29, 1.82) is 0 Å². The van der Waals surface area contributed by atoms with Crippen LogP contribution >= 0.6 is 0 Å². The fraction of sp³-hybridized carbons (Fsp3) is 0.944. The van der Waals surface area contributed by atoms with E-state index in [0.29, 0.717) is 0 Å². The Kier molecular flexibility index (Phi) is 23.1. The van der Waals surface area contributed by atoms with Crippen molar-refractivity contribution in [2.24, 2.45) is 0 Å². The van der Waals surface area contributed by atoms with E-state index in [1.165, 1.54) is 83.5 Å². The fourth-order valence-electron chi connectivity index (χ4n) is 2.64. The summed E-state index contributed by atoms with van der Waals surface area (Å²) < 4.78 is 0. The fourth-order valence-corrected chi connectivity index (χ4v) is 2.64. The molecule has 21 heavy (non-hydrogen) atoms. The van der Waals surface area contributed by atoms with Crippen LogP contribution in [0, 0.1) is 0 Å².